The molecule has 0 unspecified atom stereocenters. The number of rotatable bonds is 7. The molecule has 9 heteroatoms. The molecule has 0 aliphatic carbocycles. The van der Waals surface area contributed by atoms with Gasteiger partial charge in [0.05, 0.1) is 16.6 Å². The van der Waals surface area contributed by atoms with Gasteiger partial charge in [-0.1, -0.05) is 17.7 Å². The van der Waals surface area contributed by atoms with Gasteiger partial charge in [-0.2, -0.15) is 0 Å². The van der Waals surface area contributed by atoms with Crippen LogP contribution in [0, 0.1) is 6.92 Å². The van der Waals surface area contributed by atoms with Crippen LogP contribution in [0.1, 0.15) is 5.69 Å². The molecule has 142 valence electrons. The van der Waals surface area contributed by atoms with Crippen molar-refractivity contribution in [2.24, 2.45) is 0 Å². The molecule has 27 heavy (non-hydrogen) atoms. The van der Waals surface area contributed by atoms with Crippen LogP contribution in [0.3, 0.4) is 0 Å². The molecule has 0 bridgehead atoms. The molecule has 2 aromatic carbocycles. The number of fused-ring (bicyclic) bond motifs is 1. The van der Waals surface area contributed by atoms with Crippen molar-refractivity contribution < 1.29 is 23.1 Å². The van der Waals surface area contributed by atoms with Crippen molar-refractivity contribution in [3.63, 3.8) is 0 Å². The molecule has 0 saturated carbocycles. The van der Waals surface area contributed by atoms with Gasteiger partial charge in [0.2, 0.25) is 0 Å². The Kier molecular flexibility index (Phi) is 5.57. The molecule has 7 nitrogen and oxygen atoms in total. The number of carboxylic acids is 1. The lowest BCUT2D eigenvalue weighted by Gasteiger charge is -2.09. The topological polar surface area (TPSA) is 97.6 Å². The van der Waals surface area contributed by atoms with E-state index in [1.54, 1.807) is 54.0 Å². The molecule has 0 amide bonds. The van der Waals surface area contributed by atoms with Crippen molar-refractivity contribution in [1.29, 1.82) is 0 Å². The van der Waals surface area contributed by atoms with Gasteiger partial charge in [-0.25, -0.2) is 8.42 Å². The molecule has 1 heterocycles. The number of nitrogens with one attached hydrogen (secondary N) is 1. The van der Waals surface area contributed by atoms with E-state index < -0.39 is 16.7 Å². The number of thiol groups is 1. The van der Waals surface area contributed by atoms with Gasteiger partial charge in [-0.15, -0.1) is 0 Å². The fourth-order valence-corrected chi connectivity index (χ4v) is 3.29. The summed E-state index contributed by atoms with van der Waals surface area (Å²) in [6.07, 6.45) is 0. The molecule has 2 N–H and O–H groups in total. The van der Waals surface area contributed by atoms with Crippen LogP contribution in [0.4, 0.5) is 5.69 Å². The Bertz CT molecular complexity index is 1070. The summed E-state index contributed by atoms with van der Waals surface area (Å²) in [4.78, 5) is 11.3. The minimum Gasteiger partial charge on any atom is -0.480 e. The molecule has 3 rings (SSSR count). The highest BCUT2D eigenvalue weighted by atomic mass is 35.5. The SMILES string of the molecule is Cc1c(Oc2ccc(Cl)cc2)c2c(NC[SH](=O)=O)cccc2n1CC(=O)O. The van der Waals surface area contributed by atoms with Gasteiger partial charge in [-0.05, 0) is 43.3 Å². The zero-order chi connectivity index (χ0) is 19.6. The average Bonchev–Trinajstić information content (AvgIpc) is 2.87. The van der Waals surface area contributed by atoms with Crippen LogP contribution in [0.25, 0.3) is 10.9 Å². The minimum atomic E-state index is -2.62. The Labute approximate surface area is 162 Å². The highest BCUT2D eigenvalue weighted by Crippen LogP contribution is 2.40. The third-order valence-electron chi connectivity index (χ3n) is 4.02. The molecule has 3 aromatic rings. The number of benzene rings is 2. The molecule has 0 spiro atoms. The number of nitrogens with zero attached hydrogens (tertiary/aromatic N) is 1. The summed E-state index contributed by atoms with van der Waals surface area (Å²) in [7, 11) is -2.62. The number of hydrogen-bond donors (Lipinski definition) is 3. The van der Waals surface area contributed by atoms with E-state index in [2.05, 4.69) is 5.32 Å². The van der Waals surface area contributed by atoms with Gasteiger partial charge in [0.15, 0.2) is 16.5 Å². The van der Waals surface area contributed by atoms with Crippen LogP contribution in [-0.2, 0) is 22.0 Å². The van der Waals surface area contributed by atoms with Crippen molar-refractivity contribution in [2.45, 2.75) is 13.5 Å². The number of aromatic nitrogens is 1. The van der Waals surface area contributed by atoms with Crippen LogP contribution in [0.5, 0.6) is 11.5 Å². The van der Waals surface area contributed by atoms with E-state index in [0.717, 1.165) is 0 Å². The van der Waals surface area contributed by atoms with E-state index in [1.807, 2.05) is 0 Å². The zero-order valence-electron chi connectivity index (χ0n) is 14.3. The highest BCUT2D eigenvalue weighted by Gasteiger charge is 2.20. The fourth-order valence-electron chi connectivity index (χ4n) is 2.87. The third kappa shape index (κ3) is 4.17. The van der Waals surface area contributed by atoms with Crippen LogP contribution in [0.2, 0.25) is 5.02 Å². The lowest BCUT2D eigenvalue weighted by atomic mass is 10.2. The van der Waals surface area contributed by atoms with Crippen molar-refractivity contribution in [2.75, 3.05) is 11.2 Å². The lowest BCUT2D eigenvalue weighted by Crippen LogP contribution is -2.10. The standard InChI is InChI=1S/C18H17ClN2O5S/c1-11-18(26-13-7-5-12(19)6-8-13)17-14(20-10-27(24)25)3-2-4-15(17)21(11)9-16(22)23/h2-8,20,27H,9-10H2,1H3,(H,22,23). The van der Waals surface area contributed by atoms with Crippen LogP contribution in [-0.4, -0.2) is 29.9 Å². The molecule has 0 atom stereocenters. The van der Waals surface area contributed by atoms with Crippen molar-refractivity contribution >= 4 is 44.9 Å². The maximum atomic E-state index is 11.3. The van der Waals surface area contributed by atoms with Crippen LogP contribution in [0.15, 0.2) is 42.5 Å². The first kappa shape index (κ1) is 19.1. The van der Waals surface area contributed by atoms with Crippen molar-refractivity contribution in [1.82, 2.24) is 4.57 Å². The van der Waals surface area contributed by atoms with Crippen LogP contribution < -0.4 is 10.1 Å². The number of aliphatic carboxylic acids is 1. The molecule has 0 saturated heterocycles. The molecular weight excluding hydrogens is 392 g/mol. The minimum absolute atomic E-state index is 0.238. The normalized spacial score (nSPS) is 11.1. The fraction of sp³-hybridized carbons (Fsp3) is 0.167. The van der Waals surface area contributed by atoms with E-state index in [4.69, 9.17) is 16.3 Å². The number of halogens is 1. The third-order valence-corrected chi connectivity index (χ3v) is 4.69. The number of carboxylic acid groups (broad SMARTS) is 1. The summed E-state index contributed by atoms with van der Waals surface area (Å²) in [5.74, 6) is -0.244. The summed E-state index contributed by atoms with van der Waals surface area (Å²) < 4.78 is 29.6. The lowest BCUT2D eigenvalue weighted by molar-refractivity contribution is -0.137. The Morgan fingerprint density at radius 2 is 1.93 bits per heavy atom. The first-order chi connectivity index (χ1) is 12.9. The Morgan fingerprint density at radius 1 is 1.22 bits per heavy atom. The van der Waals surface area contributed by atoms with Gasteiger partial charge < -0.3 is 19.7 Å². The molecule has 0 fully saturated rings. The van der Waals surface area contributed by atoms with Gasteiger partial charge in [-0.3, -0.25) is 4.79 Å². The number of hydrogen-bond acceptors (Lipinski definition) is 5. The first-order valence-corrected chi connectivity index (χ1v) is 9.73. The molecule has 0 aliphatic rings. The van der Waals surface area contributed by atoms with Gasteiger partial charge in [0.25, 0.3) is 0 Å². The second-order valence-electron chi connectivity index (χ2n) is 5.82. The number of ether oxygens (including phenoxy) is 1. The molecule has 0 radical (unpaired) electrons. The monoisotopic (exact) mass is 408 g/mol. The quantitative estimate of drug-likeness (QED) is 0.518. The Hall–Kier alpha value is -2.71. The molecular formula is C18H17ClN2O5S. The summed E-state index contributed by atoms with van der Waals surface area (Å²) in [6.45, 7) is 1.51. The van der Waals surface area contributed by atoms with Gasteiger partial charge in [0.1, 0.15) is 18.2 Å². The molecule has 1 aromatic heterocycles. The highest BCUT2D eigenvalue weighted by molar-refractivity contribution is 7.72. The Balaban J connectivity index is 2.17. The van der Waals surface area contributed by atoms with Crippen molar-refractivity contribution in [3.8, 4) is 11.5 Å². The predicted molar refractivity (Wildman–Crippen MR) is 105 cm³/mol. The zero-order valence-corrected chi connectivity index (χ0v) is 16.0. The van der Waals surface area contributed by atoms with Gasteiger partial charge in [0, 0.05) is 10.7 Å². The smallest absolute Gasteiger partial charge is 0.323 e. The van der Waals surface area contributed by atoms with E-state index >= 15 is 0 Å². The summed E-state index contributed by atoms with van der Waals surface area (Å²) in [5.41, 5.74) is 1.79. The Morgan fingerprint density at radius 3 is 2.56 bits per heavy atom. The predicted octanol–water partition coefficient (Wildman–Crippen LogP) is 3.46. The van der Waals surface area contributed by atoms with Gasteiger partial charge >= 0.3 is 5.97 Å². The molecule has 0 aliphatic heterocycles. The first-order valence-electron chi connectivity index (χ1n) is 7.99. The van der Waals surface area contributed by atoms with Crippen LogP contribution >= 0.6 is 11.6 Å². The van der Waals surface area contributed by atoms with E-state index in [1.165, 1.54) is 0 Å². The van der Waals surface area contributed by atoms with E-state index in [-0.39, 0.29) is 12.4 Å². The maximum Gasteiger partial charge on any atom is 0.323 e. The maximum absolute atomic E-state index is 11.3. The van der Waals surface area contributed by atoms with E-state index in [9.17, 15) is 18.3 Å². The number of carbonyl (C=O) groups is 1. The number of anilines is 1. The summed E-state index contributed by atoms with van der Waals surface area (Å²) in [5, 5.41) is 13.3. The second-order valence-corrected chi connectivity index (χ2v) is 7.24. The largest absolute Gasteiger partial charge is 0.480 e. The summed E-state index contributed by atoms with van der Waals surface area (Å²) in [6, 6.07) is 12.0. The average molecular weight is 409 g/mol. The second kappa shape index (κ2) is 7.89. The van der Waals surface area contributed by atoms with E-state index in [0.29, 0.717) is 38.8 Å². The van der Waals surface area contributed by atoms with Crippen molar-refractivity contribution in [3.05, 3.63) is 53.2 Å². The summed E-state index contributed by atoms with van der Waals surface area (Å²) >= 11 is 5.91.